The molecule has 0 aliphatic carbocycles. The number of nitrogens with one attached hydrogen (secondary N) is 2. The van der Waals surface area contributed by atoms with Crippen LogP contribution in [0.1, 0.15) is 5.69 Å². The van der Waals surface area contributed by atoms with Crippen molar-refractivity contribution in [1.82, 2.24) is 9.97 Å². The zero-order valence-corrected chi connectivity index (χ0v) is 10.2. The van der Waals surface area contributed by atoms with Crippen LogP contribution in [0.4, 0.5) is 39.4 Å². The topological polar surface area (TPSA) is 75.9 Å². The zero-order valence-electron chi connectivity index (χ0n) is 10.2. The summed E-state index contributed by atoms with van der Waals surface area (Å²) in [6.45, 7) is 0. The Morgan fingerprint density at radius 3 is 2.38 bits per heavy atom. The number of rotatable bonds is 3. The molecular formula is C11H8F5N5. The molecule has 21 heavy (non-hydrogen) atoms. The smallest absolute Gasteiger partial charge is 0.338 e. The average molecular weight is 305 g/mol. The van der Waals surface area contributed by atoms with Crippen molar-refractivity contribution in [3.05, 3.63) is 41.6 Å². The summed E-state index contributed by atoms with van der Waals surface area (Å²) in [4.78, 5) is 6.71. The van der Waals surface area contributed by atoms with Gasteiger partial charge in [-0.2, -0.15) is 18.2 Å². The first kappa shape index (κ1) is 14.9. The minimum absolute atomic E-state index is 0.371. The maximum atomic E-state index is 13.4. The van der Waals surface area contributed by atoms with E-state index >= 15 is 0 Å². The molecule has 4 N–H and O–H groups in total. The van der Waals surface area contributed by atoms with Gasteiger partial charge in [0.1, 0.15) is 17.5 Å². The quantitative estimate of drug-likeness (QED) is 0.462. The number of alkyl halides is 3. The summed E-state index contributed by atoms with van der Waals surface area (Å²) in [5.74, 6) is 2.44. The van der Waals surface area contributed by atoms with E-state index in [-0.39, 0.29) is 5.69 Å². The van der Waals surface area contributed by atoms with Crippen molar-refractivity contribution in [3.8, 4) is 0 Å². The van der Waals surface area contributed by atoms with E-state index in [0.29, 0.717) is 6.07 Å². The van der Waals surface area contributed by atoms with E-state index in [1.807, 2.05) is 5.43 Å². The van der Waals surface area contributed by atoms with Gasteiger partial charge in [-0.05, 0) is 12.1 Å². The molecule has 10 heteroatoms. The molecular weight excluding hydrogens is 297 g/mol. The second-order valence-corrected chi connectivity index (χ2v) is 3.85. The van der Waals surface area contributed by atoms with E-state index in [1.165, 1.54) is 0 Å². The van der Waals surface area contributed by atoms with Crippen molar-refractivity contribution in [1.29, 1.82) is 0 Å². The summed E-state index contributed by atoms with van der Waals surface area (Å²) in [7, 11) is 0. The van der Waals surface area contributed by atoms with Gasteiger partial charge in [-0.25, -0.2) is 19.6 Å². The summed E-state index contributed by atoms with van der Waals surface area (Å²) in [6.07, 6.45) is -4.74. The zero-order chi connectivity index (χ0) is 15.6. The summed E-state index contributed by atoms with van der Waals surface area (Å²) in [5.41, 5.74) is 0.204. The monoisotopic (exact) mass is 305 g/mol. The summed E-state index contributed by atoms with van der Waals surface area (Å²) in [6, 6.07) is 3.02. The van der Waals surface area contributed by atoms with Gasteiger partial charge in [0.05, 0.1) is 5.69 Å². The number of nitrogen functional groups attached to an aromatic ring is 1. The first-order valence-electron chi connectivity index (χ1n) is 5.44. The van der Waals surface area contributed by atoms with Crippen molar-refractivity contribution in [3.63, 3.8) is 0 Å². The second-order valence-electron chi connectivity index (χ2n) is 3.85. The number of nitrogens with zero attached hydrogens (tertiary/aromatic N) is 2. The van der Waals surface area contributed by atoms with Gasteiger partial charge in [0.15, 0.2) is 5.69 Å². The van der Waals surface area contributed by atoms with Gasteiger partial charge >= 0.3 is 6.18 Å². The number of hydrogen-bond donors (Lipinski definition) is 3. The molecule has 2 aromatic rings. The number of halogens is 5. The predicted molar refractivity (Wildman–Crippen MR) is 64.5 cm³/mol. The molecule has 0 radical (unpaired) electrons. The summed E-state index contributed by atoms with van der Waals surface area (Å²) in [5, 5.41) is 2.24. The molecule has 2 rings (SSSR count). The van der Waals surface area contributed by atoms with Gasteiger partial charge in [0, 0.05) is 12.1 Å². The Kier molecular flexibility index (Phi) is 3.89. The van der Waals surface area contributed by atoms with Crippen molar-refractivity contribution in [2.45, 2.75) is 6.18 Å². The molecule has 1 heterocycles. The van der Waals surface area contributed by atoms with Crippen LogP contribution in [0.2, 0.25) is 0 Å². The fraction of sp³-hybridized carbons (Fsp3) is 0.0909. The van der Waals surface area contributed by atoms with Crippen molar-refractivity contribution in [2.75, 3.05) is 10.7 Å². The van der Waals surface area contributed by atoms with E-state index in [0.717, 1.165) is 18.2 Å². The van der Waals surface area contributed by atoms with E-state index in [1.54, 1.807) is 0 Å². The number of nitrogens with two attached hydrogens (primary N) is 1. The Labute approximate surface area is 115 Å². The highest BCUT2D eigenvalue weighted by Gasteiger charge is 2.33. The van der Waals surface area contributed by atoms with E-state index in [4.69, 9.17) is 5.84 Å². The Bertz CT molecular complexity index is 658. The van der Waals surface area contributed by atoms with Crippen LogP contribution in [-0.4, -0.2) is 9.97 Å². The van der Waals surface area contributed by atoms with Crippen LogP contribution in [0, 0.1) is 11.6 Å². The lowest BCUT2D eigenvalue weighted by Gasteiger charge is -2.12. The highest BCUT2D eigenvalue weighted by Crippen LogP contribution is 2.30. The molecule has 0 saturated heterocycles. The Morgan fingerprint density at radius 2 is 1.76 bits per heavy atom. The van der Waals surface area contributed by atoms with Gasteiger partial charge in [-0.3, -0.25) is 5.43 Å². The van der Waals surface area contributed by atoms with Crippen LogP contribution < -0.4 is 16.6 Å². The molecule has 1 aromatic heterocycles. The SMILES string of the molecule is NNc1nc(Nc2cc(F)ccc2F)cc(C(F)(F)F)n1. The number of hydrazine groups is 1. The normalized spacial score (nSPS) is 11.3. The lowest BCUT2D eigenvalue weighted by molar-refractivity contribution is -0.141. The predicted octanol–water partition coefficient (Wildman–Crippen LogP) is 2.80. The highest BCUT2D eigenvalue weighted by atomic mass is 19.4. The third-order valence-corrected chi connectivity index (χ3v) is 2.34. The number of hydrogen-bond acceptors (Lipinski definition) is 5. The van der Waals surface area contributed by atoms with Crippen LogP contribution in [0.15, 0.2) is 24.3 Å². The summed E-state index contributed by atoms with van der Waals surface area (Å²) >= 11 is 0. The van der Waals surface area contributed by atoms with Gasteiger partial charge in [-0.15, -0.1) is 0 Å². The maximum Gasteiger partial charge on any atom is 0.433 e. The fourth-order valence-corrected chi connectivity index (χ4v) is 1.45. The molecule has 0 aliphatic heterocycles. The summed E-state index contributed by atoms with van der Waals surface area (Å²) < 4.78 is 64.4. The van der Waals surface area contributed by atoms with Gasteiger partial charge in [0.2, 0.25) is 5.95 Å². The van der Waals surface area contributed by atoms with E-state index in [2.05, 4.69) is 15.3 Å². The van der Waals surface area contributed by atoms with Crippen molar-refractivity contribution < 1.29 is 22.0 Å². The Balaban J connectivity index is 2.42. The molecule has 0 aliphatic rings. The molecule has 0 amide bonds. The third-order valence-electron chi connectivity index (χ3n) is 2.34. The minimum Gasteiger partial charge on any atom is -0.338 e. The molecule has 0 fully saturated rings. The van der Waals surface area contributed by atoms with Crippen molar-refractivity contribution in [2.24, 2.45) is 5.84 Å². The average Bonchev–Trinajstić information content (AvgIpc) is 2.41. The molecule has 0 spiro atoms. The second kappa shape index (κ2) is 5.48. The first-order chi connectivity index (χ1) is 9.79. The first-order valence-corrected chi connectivity index (χ1v) is 5.44. The third kappa shape index (κ3) is 3.54. The lowest BCUT2D eigenvalue weighted by Crippen LogP contribution is -2.16. The van der Waals surface area contributed by atoms with E-state index in [9.17, 15) is 22.0 Å². The Morgan fingerprint density at radius 1 is 1.05 bits per heavy atom. The van der Waals surface area contributed by atoms with Crippen molar-refractivity contribution >= 4 is 17.5 Å². The highest BCUT2D eigenvalue weighted by molar-refractivity contribution is 5.58. The van der Waals surface area contributed by atoms with E-state index < -0.39 is 35.3 Å². The number of benzene rings is 1. The van der Waals surface area contributed by atoms with Crippen LogP contribution in [0.3, 0.4) is 0 Å². The van der Waals surface area contributed by atoms with Gasteiger partial charge < -0.3 is 5.32 Å². The van der Waals surface area contributed by atoms with Gasteiger partial charge in [-0.1, -0.05) is 0 Å². The molecule has 0 bridgehead atoms. The minimum atomic E-state index is -4.74. The Hall–Kier alpha value is -2.49. The molecule has 0 atom stereocenters. The van der Waals surface area contributed by atoms with Crippen LogP contribution >= 0.6 is 0 Å². The fourth-order valence-electron chi connectivity index (χ4n) is 1.45. The lowest BCUT2D eigenvalue weighted by atomic mass is 10.3. The standard InChI is InChI=1S/C11H8F5N5/c12-5-1-2-6(13)7(3-5)18-9-4-8(11(14,15)16)19-10(20-9)21-17/h1-4H,17H2,(H2,18,19,20,21). The number of anilines is 3. The molecule has 112 valence electrons. The van der Waals surface area contributed by atoms with Crippen LogP contribution in [0.5, 0.6) is 0 Å². The molecule has 0 unspecified atom stereocenters. The van der Waals surface area contributed by atoms with Gasteiger partial charge in [0.25, 0.3) is 0 Å². The largest absolute Gasteiger partial charge is 0.433 e. The van der Waals surface area contributed by atoms with Crippen LogP contribution in [-0.2, 0) is 6.18 Å². The maximum absolute atomic E-state index is 13.4. The van der Waals surface area contributed by atoms with Crippen LogP contribution in [0.25, 0.3) is 0 Å². The molecule has 5 nitrogen and oxygen atoms in total. The molecule has 0 saturated carbocycles. The number of aromatic nitrogens is 2. The molecule has 1 aromatic carbocycles.